The summed E-state index contributed by atoms with van der Waals surface area (Å²) >= 11 is 6.08. The van der Waals surface area contributed by atoms with Crippen LogP contribution in [0.3, 0.4) is 0 Å². The van der Waals surface area contributed by atoms with Gasteiger partial charge < -0.3 is 4.90 Å². The van der Waals surface area contributed by atoms with Crippen molar-refractivity contribution in [3.05, 3.63) is 59.1 Å². The van der Waals surface area contributed by atoms with Gasteiger partial charge in [0.05, 0.1) is 4.90 Å². The molecule has 0 radical (unpaired) electrons. The highest BCUT2D eigenvalue weighted by Gasteiger charge is 2.29. The van der Waals surface area contributed by atoms with Crippen LogP contribution in [0.1, 0.15) is 43.6 Å². The molecule has 1 aliphatic carbocycles. The molecular formula is C22H27ClN2O2S. The SMILES string of the molecule is O=S(=O)(c1ccc(C2CCCCC2)cc1)N1CCN(c2cccc(Cl)c2)CC1. The molecule has 2 fully saturated rings. The minimum atomic E-state index is -3.44. The number of rotatable bonds is 4. The quantitative estimate of drug-likeness (QED) is 0.709. The smallest absolute Gasteiger partial charge is 0.243 e. The van der Waals surface area contributed by atoms with Crippen LogP contribution in [0, 0.1) is 0 Å². The molecule has 0 aromatic heterocycles. The van der Waals surface area contributed by atoms with Crippen molar-refractivity contribution in [1.82, 2.24) is 4.31 Å². The highest BCUT2D eigenvalue weighted by molar-refractivity contribution is 7.89. The van der Waals surface area contributed by atoms with Gasteiger partial charge in [-0.1, -0.05) is 49.1 Å². The van der Waals surface area contributed by atoms with Crippen LogP contribution in [0.4, 0.5) is 5.69 Å². The van der Waals surface area contributed by atoms with Gasteiger partial charge in [0.15, 0.2) is 0 Å². The Kier molecular flexibility index (Phi) is 5.95. The van der Waals surface area contributed by atoms with Crippen molar-refractivity contribution in [1.29, 1.82) is 0 Å². The largest absolute Gasteiger partial charge is 0.369 e. The highest BCUT2D eigenvalue weighted by Crippen LogP contribution is 2.33. The zero-order valence-corrected chi connectivity index (χ0v) is 17.6. The van der Waals surface area contributed by atoms with Gasteiger partial charge in [-0.2, -0.15) is 4.31 Å². The van der Waals surface area contributed by atoms with E-state index >= 15 is 0 Å². The van der Waals surface area contributed by atoms with Crippen LogP contribution in [0.2, 0.25) is 5.02 Å². The average Bonchev–Trinajstić information content (AvgIpc) is 2.74. The summed E-state index contributed by atoms with van der Waals surface area (Å²) in [5, 5.41) is 0.700. The van der Waals surface area contributed by atoms with E-state index in [1.807, 2.05) is 36.4 Å². The van der Waals surface area contributed by atoms with Gasteiger partial charge in [-0.3, -0.25) is 0 Å². The molecule has 0 atom stereocenters. The molecule has 28 heavy (non-hydrogen) atoms. The van der Waals surface area contributed by atoms with E-state index in [0.29, 0.717) is 42.0 Å². The number of nitrogens with zero attached hydrogens (tertiary/aromatic N) is 2. The second-order valence-electron chi connectivity index (χ2n) is 7.77. The van der Waals surface area contributed by atoms with E-state index in [1.54, 1.807) is 16.4 Å². The van der Waals surface area contributed by atoms with Crippen molar-refractivity contribution in [2.24, 2.45) is 0 Å². The van der Waals surface area contributed by atoms with E-state index in [2.05, 4.69) is 4.90 Å². The number of anilines is 1. The number of piperazine rings is 1. The number of hydrogen-bond donors (Lipinski definition) is 0. The fraction of sp³-hybridized carbons (Fsp3) is 0.455. The maximum Gasteiger partial charge on any atom is 0.243 e. The van der Waals surface area contributed by atoms with E-state index in [9.17, 15) is 8.42 Å². The molecule has 2 aromatic carbocycles. The molecule has 4 nitrogen and oxygen atoms in total. The maximum absolute atomic E-state index is 13.1. The summed E-state index contributed by atoms with van der Waals surface area (Å²) in [6, 6.07) is 15.3. The summed E-state index contributed by atoms with van der Waals surface area (Å²) in [5.41, 5.74) is 2.32. The predicted octanol–water partition coefficient (Wildman–Crippen LogP) is 4.90. The molecule has 1 aliphatic heterocycles. The van der Waals surface area contributed by atoms with Gasteiger partial charge in [0, 0.05) is 36.9 Å². The van der Waals surface area contributed by atoms with Crippen LogP contribution >= 0.6 is 11.6 Å². The van der Waals surface area contributed by atoms with Crippen LogP contribution in [0.25, 0.3) is 0 Å². The summed E-state index contributed by atoms with van der Waals surface area (Å²) in [6.45, 7) is 2.30. The Hall–Kier alpha value is -1.56. The molecule has 1 heterocycles. The van der Waals surface area contributed by atoms with Gasteiger partial charge in [-0.25, -0.2) is 8.42 Å². The Labute approximate surface area is 173 Å². The normalized spacial score (nSPS) is 19.7. The van der Waals surface area contributed by atoms with Crippen LogP contribution in [0.5, 0.6) is 0 Å². The number of halogens is 1. The first kappa shape index (κ1) is 19.7. The fourth-order valence-electron chi connectivity index (χ4n) is 4.36. The number of benzene rings is 2. The monoisotopic (exact) mass is 418 g/mol. The number of sulfonamides is 1. The van der Waals surface area contributed by atoms with Crippen molar-refractivity contribution >= 4 is 27.3 Å². The van der Waals surface area contributed by atoms with E-state index < -0.39 is 10.0 Å². The summed E-state index contributed by atoms with van der Waals surface area (Å²) in [4.78, 5) is 2.59. The van der Waals surface area contributed by atoms with Crippen molar-refractivity contribution in [3.8, 4) is 0 Å². The zero-order chi connectivity index (χ0) is 19.6. The van der Waals surface area contributed by atoms with Crippen molar-refractivity contribution in [2.75, 3.05) is 31.1 Å². The van der Waals surface area contributed by atoms with Gasteiger partial charge in [0.2, 0.25) is 10.0 Å². The van der Waals surface area contributed by atoms with Gasteiger partial charge in [0.25, 0.3) is 0 Å². The minimum Gasteiger partial charge on any atom is -0.369 e. The standard InChI is InChI=1S/C22H27ClN2O2S/c23-20-7-4-8-21(17-20)24-13-15-25(16-14-24)28(26,27)22-11-9-19(10-12-22)18-5-2-1-3-6-18/h4,7-12,17-18H,1-3,5-6,13-16H2. The summed E-state index contributed by atoms with van der Waals surface area (Å²) in [5.74, 6) is 0.590. The number of hydrogen-bond acceptors (Lipinski definition) is 3. The van der Waals surface area contributed by atoms with E-state index in [4.69, 9.17) is 11.6 Å². The lowest BCUT2D eigenvalue weighted by Gasteiger charge is -2.35. The lowest BCUT2D eigenvalue weighted by atomic mass is 9.84. The summed E-state index contributed by atoms with van der Waals surface area (Å²) in [6.07, 6.45) is 6.32. The second-order valence-corrected chi connectivity index (χ2v) is 10.1. The molecule has 4 rings (SSSR count). The molecule has 0 N–H and O–H groups in total. The molecule has 0 unspecified atom stereocenters. The van der Waals surface area contributed by atoms with E-state index in [0.717, 1.165) is 5.69 Å². The molecule has 2 aliphatic rings. The van der Waals surface area contributed by atoms with Crippen LogP contribution < -0.4 is 4.90 Å². The zero-order valence-electron chi connectivity index (χ0n) is 16.1. The van der Waals surface area contributed by atoms with Crippen LogP contribution in [-0.2, 0) is 10.0 Å². The minimum absolute atomic E-state index is 0.406. The molecule has 2 aromatic rings. The molecular weight excluding hydrogens is 392 g/mol. The molecule has 0 amide bonds. The molecule has 0 spiro atoms. The third kappa shape index (κ3) is 4.22. The topological polar surface area (TPSA) is 40.6 Å². The van der Waals surface area contributed by atoms with Gasteiger partial charge in [-0.15, -0.1) is 0 Å². The molecule has 150 valence electrons. The summed E-state index contributed by atoms with van der Waals surface area (Å²) in [7, 11) is -3.44. The lowest BCUT2D eigenvalue weighted by molar-refractivity contribution is 0.385. The second kappa shape index (κ2) is 8.44. The average molecular weight is 419 g/mol. The third-order valence-electron chi connectivity index (χ3n) is 6.01. The Bertz CT molecular complexity index is 900. The lowest BCUT2D eigenvalue weighted by Crippen LogP contribution is -2.48. The van der Waals surface area contributed by atoms with Crippen molar-refractivity contribution in [2.45, 2.75) is 42.9 Å². The first-order valence-corrected chi connectivity index (χ1v) is 12.0. The van der Waals surface area contributed by atoms with Crippen molar-refractivity contribution < 1.29 is 8.42 Å². The Balaban J connectivity index is 1.42. The van der Waals surface area contributed by atoms with Crippen LogP contribution in [-0.4, -0.2) is 38.9 Å². The highest BCUT2D eigenvalue weighted by atomic mass is 35.5. The Morgan fingerprint density at radius 1 is 0.857 bits per heavy atom. The Morgan fingerprint density at radius 3 is 2.18 bits per heavy atom. The maximum atomic E-state index is 13.1. The summed E-state index contributed by atoms with van der Waals surface area (Å²) < 4.78 is 27.7. The first-order chi connectivity index (χ1) is 13.5. The van der Waals surface area contributed by atoms with Crippen LogP contribution in [0.15, 0.2) is 53.4 Å². The predicted molar refractivity (Wildman–Crippen MR) is 115 cm³/mol. The van der Waals surface area contributed by atoms with E-state index in [1.165, 1.54) is 37.7 Å². The molecule has 6 heteroatoms. The van der Waals surface area contributed by atoms with Crippen molar-refractivity contribution in [3.63, 3.8) is 0 Å². The first-order valence-electron chi connectivity index (χ1n) is 10.1. The molecule has 1 saturated heterocycles. The van der Waals surface area contributed by atoms with Gasteiger partial charge in [-0.05, 0) is 54.7 Å². The third-order valence-corrected chi connectivity index (χ3v) is 8.15. The van der Waals surface area contributed by atoms with Gasteiger partial charge in [0.1, 0.15) is 0 Å². The van der Waals surface area contributed by atoms with Gasteiger partial charge >= 0.3 is 0 Å². The molecule has 1 saturated carbocycles. The molecule has 0 bridgehead atoms. The van der Waals surface area contributed by atoms with E-state index in [-0.39, 0.29) is 0 Å². The Morgan fingerprint density at radius 2 is 1.54 bits per heavy atom. The fourth-order valence-corrected chi connectivity index (χ4v) is 5.96.